The summed E-state index contributed by atoms with van der Waals surface area (Å²) in [5.74, 6) is 0. The summed E-state index contributed by atoms with van der Waals surface area (Å²) in [6, 6.07) is 57.5. The van der Waals surface area contributed by atoms with Gasteiger partial charge in [0.2, 0.25) is 0 Å². The normalized spacial score (nSPS) is 11.2. The van der Waals surface area contributed by atoms with E-state index in [1.54, 1.807) is 0 Å². The molecule has 0 aliphatic carbocycles. The van der Waals surface area contributed by atoms with E-state index in [1.165, 1.54) is 62.2 Å². The molecule has 0 aromatic heterocycles. The Morgan fingerprint density at radius 1 is 0.395 bits per heavy atom. The summed E-state index contributed by atoms with van der Waals surface area (Å²) >= 11 is 0. The zero-order valence-electron chi connectivity index (χ0n) is 24.6. The first kappa shape index (κ1) is 26.7. The number of nitrogens with zero attached hydrogens (tertiary/aromatic N) is 1. The van der Waals surface area contributed by atoms with Crippen LogP contribution in [0.3, 0.4) is 0 Å². The van der Waals surface area contributed by atoms with Gasteiger partial charge in [-0.1, -0.05) is 123 Å². The third-order valence-corrected chi connectivity index (χ3v) is 8.43. The lowest BCUT2D eigenvalue weighted by Gasteiger charge is -2.26. The van der Waals surface area contributed by atoms with E-state index in [2.05, 4.69) is 170 Å². The van der Waals surface area contributed by atoms with Crippen LogP contribution in [0, 0.1) is 0 Å². The maximum atomic E-state index is 2.36. The van der Waals surface area contributed by atoms with Crippen LogP contribution in [0.2, 0.25) is 0 Å². The molecule has 1 heteroatoms. The molecule has 0 N–H and O–H groups in total. The van der Waals surface area contributed by atoms with Crippen molar-refractivity contribution in [2.24, 2.45) is 0 Å². The van der Waals surface area contributed by atoms with Crippen molar-refractivity contribution in [2.75, 3.05) is 4.90 Å². The number of unbranched alkanes of at least 4 members (excludes halogenated alkanes) is 1. The second-order valence-electron chi connectivity index (χ2n) is 11.3. The van der Waals surface area contributed by atoms with Crippen molar-refractivity contribution in [3.8, 4) is 22.3 Å². The lowest BCUT2D eigenvalue weighted by molar-refractivity contribution is 0.795. The van der Waals surface area contributed by atoms with Crippen LogP contribution in [0.15, 0.2) is 158 Å². The SMILES string of the molecule is CCCCc1ccc(N(c2ccc(-c3ccc4ccccc4c3)cc2)c2ccc(-c3ccc4ccccc4c3)cc2)cc1. The zero-order chi connectivity index (χ0) is 29.0. The van der Waals surface area contributed by atoms with Crippen molar-refractivity contribution in [1.82, 2.24) is 0 Å². The highest BCUT2D eigenvalue weighted by Gasteiger charge is 2.14. The van der Waals surface area contributed by atoms with Crippen LogP contribution in [0.4, 0.5) is 17.1 Å². The van der Waals surface area contributed by atoms with Crippen molar-refractivity contribution in [1.29, 1.82) is 0 Å². The predicted octanol–water partition coefficient (Wildman–Crippen LogP) is 12.1. The molecular formula is C42H35N. The molecule has 0 spiro atoms. The summed E-state index contributed by atoms with van der Waals surface area (Å²) in [6.45, 7) is 2.25. The Balaban J connectivity index is 1.24. The standard InChI is InChI=1S/C42H35N/c1-2-3-8-31-13-23-40(24-14-31)43(41-25-19-34(20-26-41)38-17-15-32-9-4-6-11-36(32)29-38)42-27-21-35(22-28-42)39-18-16-33-10-5-7-12-37(33)30-39/h4-7,9-30H,2-3,8H2,1H3. The first-order valence-electron chi connectivity index (χ1n) is 15.3. The monoisotopic (exact) mass is 553 g/mol. The van der Waals surface area contributed by atoms with Gasteiger partial charge in [-0.2, -0.15) is 0 Å². The summed E-state index contributed by atoms with van der Waals surface area (Å²) in [5.41, 5.74) is 9.75. The van der Waals surface area contributed by atoms with Crippen molar-refractivity contribution in [2.45, 2.75) is 26.2 Å². The van der Waals surface area contributed by atoms with Crippen LogP contribution in [-0.4, -0.2) is 0 Å². The van der Waals surface area contributed by atoms with Crippen LogP contribution >= 0.6 is 0 Å². The van der Waals surface area contributed by atoms with E-state index in [0.717, 1.165) is 23.5 Å². The van der Waals surface area contributed by atoms with Gasteiger partial charge in [-0.05, 0) is 111 Å². The molecule has 7 rings (SSSR count). The molecule has 7 aromatic rings. The number of fused-ring (bicyclic) bond motifs is 2. The molecular weight excluding hydrogens is 518 g/mol. The van der Waals surface area contributed by atoms with E-state index in [1.807, 2.05) is 0 Å². The summed E-state index contributed by atoms with van der Waals surface area (Å²) < 4.78 is 0. The van der Waals surface area contributed by atoms with Gasteiger partial charge in [0, 0.05) is 17.1 Å². The minimum Gasteiger partial charge on any atom is -0.311 e. The summed E-state index contributed by atoms with van der Waals surface area (Å²) in [4.78, 5) is 2.36. The van der Waals surface area contributed by atoms with Crippen molar-refractivity contribution in [3.63, 3.8) is 0 Å². The lowest BCUT2D eigenvalue weighted by Crippen LogP contribution is -2.10. The Labute approximate surface area is 254 Å². The fraction of sp³-hybridized carbons (Fsp3) is 0.0952. The molecule has 208 valence electrons. The first-order valence-corrected chi connectivity index (χ1v) is 15.3. The molecule has 0 atom stereocenters. The van der Waals surface area contributed by atoms with Crippen LogP contribution in [0.1, 0.15) is 25.3 Å². The minimum absolute atomic E-state index is 1.12. The molecule has 7 aromatic carbocycles. The molecule has 0 saturated carbocycles. The number of anilines is 3. The van der Waals surface area contributed by atoms with E-state index < -0.39 is 0 Å². The minimum atomic E-state index is 1.12. The van der Waals surface area contributed by atoms with E-state index in [-0.39, 0.29) is 0 Å². The lowest BCUT2D eigenvalue weighted by atomic mass is 10.00. The Morgan fingerprint density at radius 2 is 0.791 bits per heavy atom. The maximum absolute atomic E-state index is 2.36. The molecule has 0 aliphatic heterocycles. The van der Waals surface area contributed by atoms with E-state index in [0.29, 0.717) is 0 Å². The third-order valence-electron chi connectivity index (χ3n) is 8.43. The van der Waals surface area contributed by atoms with Gasteiger partial charge in [-0.25, -0.2) is 0 Å². The van der Waals surface area contributed by atoms with Gasteiger partial charge in [-0.15, -0.1) is 0 Å². The van der Waals surface area contributed by atoms with Crippen LogP contribution in [0.5, 0.6) is 0 Å². The van der Waals surface area contributed by atoms with Gasteiger partial charge < -0.3 is 4.90 Å². The molecule has 0 amide bonds. The van der Waals surface area contributed by atoms with Gasteiger partial charge in [0.1, 0.15) is 0 Å². The van der Waals surface area contributed by atoms with Crippen LogP contribution < -0.4 is 4.90 Å². The van der Waals surface area contributed by atoms with E-state index in [9.17, 15) is 0 Å². The molecule has 0 aliphatic rings. The topological polar surface area (TPSA) is 3.24 Å². The van der Waals surface area contributed by atoms with Gasteiger partial charge in [0.25, 0.3) is 0 Å². The smallest absolute Gasteiger partial charge is 0.0462 e. The van der Waals surface area contributed by atoms with Crippen molar-refractivity contribution >= 4 is 38.6 Å². The highest BCUT2D eigenvalue weighted by molar-refractivity contribution is 5.89. The van der Waals surface area contributed by atoms with Crippen LogP contribution in [-0.2, 0) is 6.42 Å². The molecule has 0 bridgehead atoms. The van der Waals surface area contributed by atoms with Crippen molar-refractivity contribution < 1.29 is 0 Å². The average molecular weight is 554 g/mol. The Bertz CT molecular complexity index is 1860. The predicted molar refractivity (Wildman–Crippen MR) is 186 cm³/mol. The van der Waals surface area contributed by atoms with Gasteiger partial charge >= 0.3 is 0 Å². The molecule has 0 saturated heterocycles. The summed E-state index contributed by atoms with van der Waals surface area (Å²) in [6.07, 6.45) is 3.55. The second kappa shape index (κ2) is 12.0. The molecule has 0 heterocycles. The van der Waals surface area contributed by atoms with Crippen molar-refractivity contribution in [3.05, 3.63) is 163 Å². The van der Waals surface area contributed by atoms with Gasteiger partial charge in [-0.3, -0.25) is 0 Å². The Hall–Kier alpha value is -5.14. The summed E-state index contributed by atoms with van der Waals surface area (Å²) in [5, 5.41) is 5.06. The first-order chi connectivity index (χ1) is 21.2. The maximum Gasteiger partial charge on any atom is 0.0462 e. The number of benzene rings is 7. The molecule has 0 unspecified atom stereocenters. The quantitative estimate of drug-likeness (QED) is 0.181. The average Bonchev–Trinajstić information content (AvgIpc) is 3.08. The molecule has 43 heavy (non-hydrogen) atoms. The number of hydrogen-bond acceptors (Lipinski definition) is 1. The Kier molecular flexibility index (Phi) is 7.46. The summed E-state index contributed by atoms with van der Waals surface area (Å²) in [7, 11) is 0. The zero-order valence-corrected chi connectivity index (χ0v) is 24.6. The van der Waals surface area contributed by atoms with Gasteiger partial charge in [0.15, 0.2) is 0 Å². The number of rotatable bonds is 8. The van der Waals surface area contributed by atoms with E-state index in [4.69, 9.17) is 0 Å². The highest BCUT2D eigenvalue weighted by Crippen LogP contribution is 2.37. The van der Waals surface area contributed by atoms with E-state index >= 15 is 0 Å². The number of aryl methyl sites for hydroxylation is 1. The number of hydrogen-bond donors (Lipinski definition) is 0. The Morgan fingerprint density at radius 3 is 1.23 bits per heavy atom. The molecule has 1 nitrogen and oxygen atoms in total. The molecule has 0 radical (unpaired) electrons. The fourth-order valence-corrected chi connectivity index (χ4v) is 5.98. The largest absolute Gasteiger partial charge is 0.311 e. The van der Waals surface area contributed by atoms with Gasteiger partial charge in [0.05, 0.1) is 0 Å². The third kappa shape index (κ3) is 5.67. The fourth-order valence-electron chi connectivity index (χ4n) is 5.98. The highest BCUT2D eigenvalue weighted by atomic mass is 15.1. The molecule has 0 fully saturated rings. The second-order valence-corrected chi connectivity index (χ2v) is 11.3. The van der Waals surface area contributed by atoms with Crippen LogP contribution in [0.25, 0.3) is 43.8 Å².